The molecule has 1 heterocycles. The SMILES string of the molecule is Clc1ccc(-n2nncc2C(c2ccccc2)c2ccccc2)cc1. The van der Waals surface area contributed by atoms with Gasteiger partial charge in [-0.1, -0.05) is 77.5 Å². The van der Waals surface area contributed by atoms with Crippen molar-refractivity contribution in [2.45, 2.75) is 5.92 Å². The molecule has 0 aliphatic carbocycles. The maximum absolute atomic E-state index is 6.02. The molecule has 3 aromatic carbocycles. The van der Waals surface area contributed by atoms with Crippen LogP contribution in [0.2, 0.25) is 5.02 Å². The lowest BCUT2D eigenvalue weighted by Gasteiger charge is -2.19. The van der Waals surface area contributed by atoms with Crippen LogP contribution in [-0.2, 0) is 0 Å². The van der Waals surface area contributed by atoms with Crippen molar-refractivity contribution in [1.82, 2.24) is 15.0 Å². The molecule has 0 spiro atoms. The summed E-state index contributed by atoms with van der Waals surface area (Å²) in [6.07, 6.45) is 1.83. The van der Waals surface area contributed by atoms with Crippen LogP contribution in [0.15, 0.2) is 91.1 Å². The Labute approximate surface area is 151 Å². The summed E-state index contributed by atoms with van der Waals surface area (Å²) in [6, 6.07) is 28.5. The summed E-state index contributed by atoms with van der Waals surface area (Å²) in [6.45, 7) is 0. The zero-order valence-electron chi connectivity index (χ0n) is 13.5. The van der Waals surface area contributed by atoms with Gasteiger partial charge in [-0.05, 0) is 35.4 Å². The van der Waals surface area contributed by atoms with E-state index in [0.29, 0.717) is 5.02 Å². The molecule has 0 unspecified atom stereocenters. The highest BCUT2D eigenvalue weighted by Crippen LogP contribution is 2.32. The molecule has 4 aromatic rings. The van der Waals surface area contributed by atoms with Crippen LogP contribution >= 0.6 is 11.6 Å². The predicted octanol–water partition coefficient (Wildman–Crippen LogP) is 5.10. The van der Waals surface area contributed by atoms with E-state index in [4.69, 9.17) is 11.6 Å². The number of aromatic nitrogens is 3. The molecule has 25 heavy (non-hydrogen) atoms. The Kier molecular flexibility index (Phi) is 4.32. The quantitative estimate of drug-likeness (QED) is 0.515. The monoisotopic (exact) mass is 345 g/mol. The third-order valence-corrected chi connectivity index (χ3v) is 4.46. The minimum atomic E-state index is 0.0491. The van der Waals surface area contributed by atoms with Crippen LogP contribution in [-0.4, -0.2) is 15.0 Å². The van der Waals surface area contributed by atoms with E-state index in [0.717, 1.165) is 11.4 Å². The van der Waals surface area contributed by atoms with Crippen LogP contribution in [0.5, 0.6) is 0 Å². The van der Waals surface area contributed by atoms with Gasteiger partial charge in [0.05, 0.1) is 23.5 Å². The molecule has 122 valence electrons. The number of hydrogen-bond donors (Lipinski definition) is 0. The Morgan fingerprint density at radius 2 is 1.28 bits per heavy atom. The van der Waals surface area contributed by atoms with Crippen LogP contribution in [0.25, 0.3) is 5.69 Å². The smallest absolute Gasteiger partial charge is 0.0764 e. The zero-order valence-corrected chi connectivity index (χ0v) is 14.2. The van der Waals surface area contributed by atoms with Crippen LogP contribution in [0.4, 0.5) is 0 Å². The Morgan fingerprint density at radius 3 is 1.84 bits per heavy atom. The summed E-state index contributed by atoms with van der Waals surface area (Å²) in [7, 11) is 0. The van der Waals surface area contributed by atoms with Crippen molar-refractivity contribution >= 4 is 11.6 Å². The second-order valence-electron chi connectivity index (χ2n) is 5.80. The molecule has 4 heteroatoms. The standard InChI is InChI=1S/C21H16ClN3/c22-18-11-13-19(14-12-18)25-20(15-23-24-25)21(16-7-3-1-4-8-16)17-9-5-2-6-10-17/h1-15,21H. The first-order valence-corrected chi connectivity index (χ1v) is 8.47. The predicted molar refractivity (Wildman–Crippen MR) is 100 cm³/mol. The van der Waals surface area contributed by atoms with Crippen LogP contribution in [0.1, 0.15) is 22.7 Å². The van der Waals surface area contributed by atoms with Gasteiger partial charge >= 0.3 is 0 Å². The van der Waals surface area contributed by atoms with Gasteiger partial charge in [-0.25, -0.2) is 4.68 Å². The molecule has 0 bridgehead atoms. The van der Waals surface area contributed by atoms with Crippen molar-refractivity contribution in [3.05, 3.63) is 113 Å². The molecule has 0 saturated carbocycles. The molecule has 3 nitrogen and oxygen atoms in total. The van der Waals surface area contributed by atoms with Crippen LogP contribution in [0.3, 0.4) is 0 Å². The second kappa shape index (κ2) is 6.91. The summed E-state index contributed by atoms with van der Waals surface area (Å²) in [5.74, 6) is 0.0491. The molecular weight excluding hydrogens is 330 g/mol. The van der Waals surface area contributed by atoms with Gasteiger partial charge < -0.3 is 0 Å². The molecule has 0 radical (unpaired) electrons. The van der Waals surface area contributed by atoms with Gasteiger partial charge in [0, 0.05) is 5.02 Å². The van der Waals surface area contributed by atoms with Crippen molar-refractivity contribution in [3.63, 3.8) is 0 Å². The van der Waals surface area contributed by atoms with E-state index in [1.54, 1.807) is 0 Å². The minimum absolute atomic E-state index is 0.0491. The first-order valence-electron chi connectivity index (χ1n) is 8.09. The summed E-state index contributed by atoms with van der Waals surface area (Å²) >= 11 is 6.02. The zero-order chi connectivity index (χ0) is 17.1. The van der Waals surface area contributed by atoms with E-state index in [9.17, 15) is 0 Å². The minimum Gasteiger partial charge on any atom is -0.217 e. The highest BCUT2D eigenvalue weighted by atomic mass is 35.5. The van der Waals surface area contributed by atoms with Gasteiger partial charge in [-0.15, -0.1) is 5.10 Å². The van der Waals surface area contributed by atoms with E-state index in [2.05, 4.69) is 58.8 Å². The molecule has 0 aliphatic rings. The molecular formula is C21H16ClN3. The maximum atomic E-state index is 6.02. The molecule has 0 amide bonds. The van der Waals surface area contributed by atoms with E-state index in [1.807, 2.05) is 47.3 Å². The lowest BCUT2D eigenvalue weighted by Crippen LogP contribution is -2.10. The van der Waals surface area contributed by atoms with Gasteiger partial charge in [0.2, 0.25) is 0 Å². The summed E-state index contributed by atoms with van der Waals surface area (Å²) in [4.78, 5) is 0. The lowest BCUT2D eigenvalue weighted by molar-refractivity contribution is 0.747. The fraction of sp³-hybridized carbons (Fsp3) is 0.0476. The average Bonchev–Trinajstić information content (AvgIpc) is 3.14. The van der Waals surface area contributed by atoms with Crippen molar-refractivity contribution in [3.8, 4) is 5.69 Å². The topological polar surface area (TPSA) is 30.7 Å². The third kappa shape index (κ3) is 3.19. The Bertz CT molecular complexity index is 908. The van der Waals surface area contributed by atoms with Crippen LogP contribution in [0, 0.1) is 0 Å². The lowest BCUT2D eigenvalue weighted by atomic mass is 9.88. The first kappa shape index (κ1) is 15.6. The van der Waals surface area contributed by atoms with E-state index in [1.165, 1.54) is 11.1 Å². The number of hydrogen-bond acceptors (Lipinski definition) is 2. The Hall–Kier alpha value is -2.91. The van der Waals surface area contributed by atoms with E-state index < -0.39 is 0 Å². The number of halogens is 1. The van der Waals surface area contributed by atoms with Gasteiger partial charge in [-0.2, -0.15) is 0 Å². The van der Waals surface area contributed by atoms with Crippen molar-refractivity contribution in [2.24, 2.45) is 0 Å². The van der Waals surface area contributed by atoms with Crippen molar-refractivity contribution < 1.29 is 0 Å². The normalized spacial score (nSPS) is 11.0. The molecule has 0 aliphatic heterocycles. The Balaban J connectivity index is 1.87. The summed E-state index contributed by atoms with van der Waals surface area (Å²) < 4.78 is 1.88. The molecule has 0 saturated heterocycles. The highest BCUT2D eigenvalue weighted by Gasteiger charge is 2.21. The van der Waals surface area contributed by atoms with Crippen LogP contribution < -0.4 is 0 Å². The molecule has 4 rings (SSSR count). The van der Waals surface area contributed by atoms with Crippen molar-refractivity contribution in [2.75, 3.05) is 0 Å². The number of rotatable bonds is 4. The summed E-state index contributed by atoms with van der Waals surface area (Å²) in [5, 5.41) is 9.19. The third-order valence-electron chi connectivity index (χ3n) is 4.21. The first-order chi connectivity index (χ1) is 12.3. The van der Waals surface area contributed by atoms with Gasteiger partial charge in [0.15, 0.2) is 0 Å². The van der Waals surface area contributed by atoms with Crippen molar-refractivity contribution in [1.29, 1.82) is 0 Å². The van der Waals surface area contributed by atoms with E-state index in [-0.39, 0.29) is 5.92 Å². The van der Waals surface area contributed by atoms with Gasteiger partial charge in [-0.3, -0.25) is 0 Å². The number of nitrogens with zero attached hydrogens (tertiary/aromatic N) is 3. The second-order valence-corrected chi connectivity index (χ2v) is 6.24. The van der Waals surface area contributed by atoms with Gasteiger partial charge in [0.25, 0.3) is 0 Å². The molecule has 0 N–H and O–H groups in total. The largest absolute Gasteiger partial charge is 0.217 e. The molecule has 0 fully saturated rings. The Morgan fingerprint density at radius 1 is 0.720 bits per heavy atom. The maximum Gasteiger partial charge on any atom is 0.0764 e. The van der Waals surface area contributed by atoms with E-state index >= 15 is 0 Å². The average molecular weight is 346 g/mol. The molecule has 1 aromatic heterocycles. The number of benzene rings is 3. The fourth-order valence-electron chi connectivity index (χ4n) is 3.05. The summed E-state index contributed by atoms with van der Waals surface area (Å²) in [5.41, 5.74) is 4.35. The fourth-order valence-corrected chi connectivity index (χ4v) is 3.17. The molecule has 0 atom stereocenters. The highest BCUT2D eigenvalue weighted by molar-refractivity contribution is 6.30. The van der Waals surface area contributed by atoms with Gasteiger partial charge in [0.1, 0.15) is 0 Å².